The fourth-order valence-electron chi connectivity index (χ4n) is 2.86. The lowest BCUT2D eigenvalue weighted by molar-refractivity contribution is -0.116. The van der Waals surface area contributed by atoms with Crippen molar-refractivity contribution in [3.63, 3.8) is 0 Å². The zero-order chi connectivity index (χ0) is 23.2. The zero-order valence-electron chi connectivity index (χ0n) is 17.9. The third kappa shape index (κ3) is 5.82. The van der Waals surface area contributed by atoms with Crippen molar-refractivity contribution in [2.24, 2.45) is 0 Å². The van der Waals surface area contributed by atoms with E-state index in [0.29, 0.717) is 18.8 Å². The summed E-state index contributed by atoms with van der Waals surface area (Å²) in [5, 5.41) is 2.55. The molecule has 0 radical (unpaired) electrons. The Labute approximate surface area is 183 Å². The number of anilines is 1. The van der Waals surface area contributed by atoms with Gasteiger partial charge in [0.15, 0.2) is 0 Å². The molecule has 11 heteroatoms. The maximum atomic E-state index is 12.7. The molecule has 0 aliphatic carbocycles. The van der Waals surface area contributed by atoms with Crippen molar-refractivity contribution in [2.75, 3.05) is 39.1 Å². The first-order chi connectivity index (χ1) is 14.6. The molecule has 0 heterocycles. The van der Waals surface area contributed by atoms with Crippen LogP contribution in [0.15, 0.2) is 58.3 Å². The lowest BCUT2D eigenvalue weighted by Crippen LogP contribution is -2.35. The van der Waals surface area contributed by atoms with Crippen LogP contribution in [0.5, 0.6) is 5.75 Å². The smallest absolute Gasteiger partial charge is 0.243 e. The maximum absolute atomic E-state index is 12.7. The average Bonchev–Trinajstić information content (AvgIpc) is 2.74. The van der Waals surface area contributed by atoms with Gasteiger partial charge in [-0.2, -0.15) is 8.61 Å². The molecule has 2 aromatic carbocycles. The van der Waals surface area contributed by atoms with Crippen LogP contribution in [0.4, 0.5) is 5.69 Å². The zero-order valence-corrected chi connectivity index (χ0v) is 19.5. The van der Waals surface area contributed by atoms with Gasteiger partial charge in [-0.1, -0.05) is 19.9 Å². The van der Waals surface area contributed by atoms with E-state index in [1.165, 1.54) is 67.0 Å². The number of ether oxygens (including phenoxy) is 1. The van der Waals surface area contributed by atoms with Gasteiger partial charge in [-0.25, -0.2) is 16.8 Å². The van der Waals surface area contributed by atoms with E-state index >= 15 is 0 Å². The molecule has 170 valence electrons. The molecule has 31 heavy (non-hydrogen) atoms. The Morgan fingerprint density at radius 3 is 2.10 bits per heavy atom. The van der Waals surface area contributed by atoms with E-state index in [0.717, 1.165) is 4.31 Å². The lowest BCUT2D eigenvalue weighted by Gasteiger charge is -2.19. The number of nitrogens with one attached hydrogen (secondary N) is 1. The number of methoxy groups -OCH3 is 1. The summed E-state index contributed by atoms with van der Waals surface area (Å²) in [5.41, 5.74) is 0.258. The third-order valence-corrected chi connectivity index (χ3v) is 8.46. The van der Waals surface area contributed by atoms with Crippen LogP contribution in [0.3, 0.4) is 0 Å². The number of rotatable bonds is 10. The Morgan fingerprint density at radius 1 is 0.935 bits per heavy atom. The van der Waals surface area contributed by atoms with Gasteiger partial charge in [0, 0.05) is 25.8 Å². The van der Waals surface area contributed by atoms with Gasteiger partial charge >= 0.3 is 0 Å². The molecule has 1 amide bonds. The minimum atomic E-state index is -3.89. The SMILES string of the molecule is CCN(CC)S(=O)(=O)c1cccc(NC(=O)CN(C)S(=O)(=O)c2ccc(OC)cc2)c1. The minimum absolute atomic E-state index is 0.0240. The number of amides is 1. The van der Waals surface area contributed by atoms with Gasteiger partial charge in [-0.3, -0.25) is 4.79 Å². The third-order valence-electron chi connectivity index (χ3n) is 4.59. The first kappa shape index (κ1) is 24.8. The molecule has 2 rings (SSSR count). The van der Waals surface area contributed by atoms with Crippen LogP contribution in [0.2, 0.25) is 0 Å². The van der Waals surface area contributed by atoms with Gasteiger partial charge in [0.25, 0.3) is 0 Å². The Hall–Kier alpha value is -2.47. The molecule has 0 aromatic heterocycles. The highest BCUT2D eigenvalue weighted by molar-refractivity contribution is 7.89. The van der Waals surface area contributed by atoms with E-state index in [-0.39, 0.29) is 15.5 Å². The first-order valence-electron chi connectivity index (χ1n) is 9.56. The van der Waals surface area contributed by atoms with Crippen LogP contribution in [0.1, 0.15) is 13.8 Å². The Kier molecular flexibility index (Phi) is 8.18. The van der Waals surface area contributed by atoms with Gasteiger partial charge in [-0.05, 0) is 42.5 Å². The van der Waals surface area contributed by atoms with E-state index in [4.69, 9.17) is 4.74 Å². The van der Waals surface area contributed by atoms with Crippen LogP contribution in [0, 0.1) is 0 Å². The van der Waals surface area contributed by atoms with Gasteiger partial charge in [0.05, 0.1) is 23.4 Å². The second-order valence-electron chi connectivity index (χ2n) is 6.60. The van der Waals surface area contributed by atoms with Gasteiger partial charge in [-0.15, -0.1) is 0 Å². The van der Waals surface area contributed by atoms with Crippen molar-refractivity contribution in [2.45, 2.75) is 23.6 Å². The quantitative estimate of drug-likeness (QED) is 0.569. The number of benzene rings is 2. The monoisotopic (exact) mass is 469 g/mol. The minimum Gasteiger partial charge on any atom is -0.497 e. The number of hydrogen-bond donors (Lipinski definition) is 1. The van der Waals surface area contributed by atoms with Crippen molar-refractivity contribution < 1.29 is 26.4 Å². The molecular weight excluding hydrogens is 442 g/mol. The molecule has 0 spiro atoms. The van der Waals surface area contributed by atoms with E-state index in [9.17, 15) is 21.6 Å². The maximum Gasteiger partial charge on any atom is 0.243 e. The summed E-state index contributed by atoms with van der Waals surface area (Å²) in [7, 11) is -4.80. The van der Waals surface area contributed by atoms with Crippen LogP contribution in [0.25, 0.3) is 0 Å². The molecule has 0 bridgehead atoms. The van der Waals surface area contributed by atoms with E-state index in [2.05, 4.69) is 5.32 Å². The summed E-state index contributed by atoms with van der Waals surface area (Å²) in [6.07, 6.45) is 0. The number of carbonyl (C=O) groups is 1. The van der Waals surface area contributed by atoms with E-state index < -0.39 is 32.5 Å². The number of nitrogens with zero attached hydrogens (tertiary/aromatic N) is 2. The van der Waals surface area contributed by atoms with Crippen LogP contribution < -0.4 is 10.1 Å². The normalized spacial score (nSPS) is 12.2. The topological polar surface area (TPSA) is 113 Å². The Morgan fingerprint density at radius 2 is 1.55 bits per heavy atom. The summed E-state index contributed by atoms with van der Waals surface area (Å²) in [6.45, 7) is 3.69. The first-order valence-corrected chi connectivity index (χ1v) is 12.4. The fraction of sp³-hybridized carbons (Fsp3) is 0.350. The van der Waals surface area contributed by atoms with Crippen LogP contribution >= 0.6 is 0 Å². The molecule has 0 atom stereocenters. The van der Waals surface area contributed by atoms with Crippen molar-refractivity contribution in [3.8, 4) is 5.75 Å². The lowest BCUT2D eigenvalue weighted by atomic mass is 10.3. The van der Waals surface area contributed by atoms with E-state index in [1.807, 2.05) is 0 Å². The second-order valence-corrected chi connectivity index (χ2v) is 10.6. The Bertz CT molecular complexity index is 1110. The standard InChI is InChI=1S/C20H27N3O6S2/c1-5-23(6-2)31(27,28)19-9-7-8-16(14-19)21-20(24)15-22(3)30(25,26)18-12-10-17(29-4)11-13-18/h7-14H,5-6,15H2,1-4H3,(H,21,24). The van der Waals surface area contributed by atoms with Crippen molar-refractivity contribution in [1.29, 1.82) is 0 Å². The highest BCUT2D eigenvalue weighted by atomic mass is 32.2. The number of likely N-dealkylation sites (N-methyl/N-ethyl adjacent to an activating group) is 1. The van der Waals surface area contributed by atoms with Crippen molar-refractivity contribution >= 4 is 31.6 Å². The number of sulfonamides is 2. The summed E-state index contributed by atoms with van der Waals surface area (Å²) in [6, 6.07) is 11.7. The molecule has 1 N–H and O–H groups in total. The second kappa shape index (κ2) is 10.2. The molecule has 0 aliphatic heterocycles. The molecule has 9 nitrogen and oxygen atoms in total. The predicted molar refractivity (Wildman–Crippen MR) is 118 cm³/mol. The Balaban J connectivity index is 2.13. The highest BCUT2D eigenvalue weighted by Gasteiger charge is 2.24. The molecule has 0 unspecified atom stereocenters. The largest absolute Gasteiger partial charge is 0.497 e. The summed E-state index contributed by atoms with van der Waals surface area (Å²) >= 11 is 0. The number of hydrogen-bond acceptors (Lipinski definition) is 6. The number of carbonyl (C=O) groups excluding carboxylic acids is 1. The molecule has 0 saturated heterocycles. The van der Waals surface area contributed by atoms with Crippen LogP contribution in [-0.2, 0) is 24.8 Å². The summed E-state index contributed by atoms with van der Waals surface area (Å²) < 4.78 is 57.9. The molecular formula is C20H27N3O6S2. The predicted octanol–water partition coefficient (Wildman–Crippen LogP) is 1.98. The fourth-order valence-corrected chi connectivity index (χ4v) is 5.49. The van der Waals surface area contributed by atoms with Gasteiger partial charge in [0.2, 0.25) is 26.0 Å². The summed E-state index contributed by atoms with van der Waals surface area (Å²) in [4.78, 5) is 12.5. The average molecular weight is 470 g/mol. The molecule has 0 fully saturated rings. The van der Waals surface area contributed by atoms with Crippen LogP contribution in [-0.4, -0.2) is 65.1 Å². The summed E-state index contributed by atoms with van der Waals surface area (Å²) in [5.74, 6) is -0.0872. The van der Waals surface area contributed by atoms with Gasteiger partial charge < -0.3 is 10.1 Å². The van der Waals surface area contributed by atoms with Gasteiger partial charge in [0.1, 0.15) is 5.75 Å². The molecule has 0 aliphatic rings. The molecule has 2 aromatic rings. The van der Waals surface area contributed by atoms with E-state index in [1.54, 1.807) is 13.8 Å². The van der Waals surface area contributed by atoms with Crippen molar-refractivity contribution in [1.82, 2.24) is 8.61 Å². The van der Waals surface area contributed by atoms with Crippen molar-refractivity contribution in [3.05, 3.63) is 48.5 Å². The molecule has 0 saturated carbocycles. The highest BCUT2D eigenvalue weighted by Crippen LogP contribution is 2.21.